The van der Waals surface area contributed by atoms with Gasteiger partial charge in [0.25, 0.3) is 0 Å². The Morgan fingerprint density at radius 2 is 1.80 bits per heavy atom. The second kappa shape index (κ2) is 3.37. The van der Waals surface area contributed by atoms with Gasteiger partial charge in [0.05, 0.1) is 0 Å². The molecule has 0 fully saturated rings. The highest BCUT2D eigenvalue weighted by molar-refractivity contribution is 5.24. The standard InChI is InChI=1S/C9H10O/c1-8-2-4-9(5-3-8)6-7-10/h1-5,10H,6-7H2. The lowest BCUT2D eigenvalue weighted by Gasteiger charge is -1.96. The summed E-state index contributed by atoms with van der Waals surface area (Å²) in [5, 5.41) is 8.56. The average Bonchev–Trinajstić information content (AvgIpc) is 1.95. The van der Waals surface area contributed by atoms with Crippen molar-refractivity contribution in [1.29, 1.82) is 0 Å². The molecule has 1 rings (SSSR count). The Balaban J connectivity index is 2.69. The second-order valence-corrected chi connectivity index (χ2v) is 2.22. The van der Waals surface area contributed by atoms with Crippen LogP contribution in [0.25, 0.3) is 0 Å². The fourth-order valence-corrected chi connectivity index (χ4v) is 0.813. The van der Waals surface area contributed by atoms with E-state index in [1.807, 2.05) is 24.3 Å². The summed E-state index contributed by atoms with van der Waals surface area (Å²) in [4.78, 5) is 0. The number of aliphatic hydroxyl groups is 1. The van der Waals surface area contributed by atoms with Crippen LogP contribution in [0.1, 0.15) is 11.1 Å². The van der Waals surface area contributed by atoms with Crippen LogP contribution in [0.5, 0.6) is 0 Å². The van der Waals surface area contributed by atoms with Gasteiger partial charge in [-0.3, -0.25) is 0 Å². The van der Waals surface area contributed by atoms with Gasteiger partial charge in [-0.25, -0.2) is 0 Å². The van der Waals surface area contributed by atoms with Crippen LogP contribution in [0.15, 0.2) is 24.3 Å². The third-order valence-corrected chi connectivity index (χ3v) is 1.38. The van der Waals surface area contributed by atoms with E-state index in [4.69, 9.17) is 12.0 Å². The zero-order valence-electron chi connectivity index (χ0n) is 5.75. The van der Waals surface area contributed by atoms with Crippen LogP contribution in [0, 0.1) is 6.92 Å². The highest BCUT2D eigenvalue weighted by Gasteiger charge is 1.88. The van der Waals surface area contributed by atoms with Crippen LogP contribution in [0.3, 0.4) is 0 Å². The molecule has 1 N–H and O–H groups in total. The summed E-state index contributed by atoms with van der Waals surface area (Å²) in [6.45, 7) is 5.66. The maximum absolute atomic E-state index is 8.56. The monoisotopic (exact) mass is 134 g/mol. The van der Waals surface area contributed by atoms with Gasteiger partial charge < -0.3 is 5.11 Å². The Morgan fingerprint density at radius 1 is 1.20 bits per heavy atom. The van der Waals surface area contributed by atoms with E-state index in [9.17, 15) is 0 Å². The third-order valence-electron chi connectivity index (χ3n) is 1.38. The molecule has 1 heteroatoms. The zero-order valence-corrected chi connectivity index (χ0v) is 5.75. The molecule has 0 saturated carbocycles. The van der Waals surface area contributed by atoms with Gasteiger partial charge in [-0.1, -0.05) is 24.3 Å². The van der Waals surface area contributed by atoms with Crippen molar-refractivity contribution in [3.63, 3.8) is 0 Å². The molecule has 0 aliphatic heterocycles. The van der Waals surface area contributed by atoms with Crippen LogP contribution in [0.4, 0.5) is 0 Å². The summed E-state index contributed by atoms with van der Waals surface area (Å²) in [5.41, 5.74) is 1.89. The minimum absolute atomic E-state index is 0.198. The van der Waals surface area contributed by atoms with Crippen molar-refractivity contribution in [2.75, 3.05) is 6.61 Å². The minimum atomic E-state index is 0.198. The molecular formula is C9H10O. The SMILES string of the molecule is [CH]c1ccc(CCO)cc1. The lowest BCUT2D eigenvalue weighted by molar-refractivity contribution is 0.299. The predicted molar refractivity (Wildman–Crippen MR) is 40.6 cm³/mol. The number of rotatable bonds is 2. The third kappa shape index (κ3) is 1.85. The highest BCUT2D eigenvalue weighted by Crippen LogP contribution is 2.02. The van der Waals surface area contributed by atoms with Crippen molar-refractivity contribution >= 4 is 0 Å². The maximum atomic E-state index is 8.56. The largest absolute Gasteiger partial charge is 0.396 e. The summed E-state index contributed by atoms with van der Waals surface area (Å²) in [6, 6.07) is 7.52. The van der Waals surface area contributed by atoms with Gasteiger partial charge in [-0.2, -0.15) is 0 Å². The molecule has 0 saturated heterocycles. The Morgan fingerprint density at radius 3 is 2.30 bits per heavy atom. The molecule has 1 aromatic carbocycles. The number of hydrogen-bond donors (Lipinski definition) is 1. The van der Waals surface area contributed by atoms with Gasteiger partial charge in [-0.15, -0.1) is 0 Å². The smallest absolute Gasteiger partial charge is 0.0471 e. The van der Waals surface area contributed by atoms with E-state index in [1.165, 1.54) is 0 Å². The van der Waals surface area contributed by atoms with Crippen molar-refractivity contribution in [2.45, 2.75) is 6.42 Å². The Kier molecular flexibility index (Phi) is 2.46. The molecule has 0 spiro atoms. The van der Waals surface area contributed by atoms with E-state index in [0.29, 0.717) is 6.42 Å². The maximum Gasteiger partial charge on any atom is 0.0471 e. The second-order valence-electron chi connectivity index (χ2n) is 2.22. The Labute approximate surface area is 61.3 Å². The summed E-state index contributed by atoms with van der Waals surface area (Å²) in [5.74, 6) is 0. The van der Waals surface area contributed by atoms with E-state index in [2.05, 4.69) is 0 Å². The first kappa shape index (κ1) is 7.29. The molecule has 0 atom stereocenters. The molecule has 1 aromatic rings. The lowest BCUT2D eigenvalue weighted by Crippen LogP contribution is -1.89. The van der Waals surface area contributed by atoms with Gasteiger partial charge in [0, 0.05) is 6.61 Å². The summed E-state index contributed by atoms with van der Waals surface area (Å²) in [7, 11) is 0. The summed E-state index contributed by atoms with van der Waals surface area (Å²) in [6.07, 6.45) is 0.709. The summed E-state index contributed by atoms with van der Waals surface area (Å²) < 4.78 is 0. The normalized spacial score (nSPS) is 9.80. The van der Waals surface area contributed by atoms with Gasteiger partial charge in [0.2, 0.25) is 0 Å². The molecule has 52 valence electrons. The number of benzene rings is 1. The quantitative estimate of drug-likeness (QED) is 0.646. The van der Waals surface area contributed by atoms with Crippen LogP contribution < -0.4 is 0 Å². The molecule has 2 radical (unpaired) electrons. The van der Waals surface area contributed by atoms with Crippen molar-refractivity contribution in [1.82, 2.24) is 0 Å². The van der Waals surface area contributed by atoms with Crippen molar-refractivity contribution < 1.29 is 5.11 Å². The molecule has 10 heavy (non-hydrogen) atoms. The van der Waals surface area contributed by atoms with Gasteiger partial charge in [-0.05, 0) is 24.5 Å². The molecule has 0 amide bonds. The van der Waals surface area contributed by atoms with E-state index in [-0.39, 0.29) is 6.61 Å². The van der Waals surface area contributed by atoms with Gasteiger partial charge in [0.1, 0.15) is 0 Å². The lowest BCUT2D eigenvalue weighted by atomic mass is 10.1. The minimum Gasteiger partial charge on any atom is -0.396 e. The van der Waals surface area contributed by atoms with E-state index < -0.39 is 0 Å². The number of hydrogen-bond acceptors (Lipinski definition) is 1. The first-order chi connectivity index (χ1) is 4.83. The first-order valence-corrected chi connectivity index (χ1v) is 3.28. The molecule has 0 aliphatic rings. The predicted octanol–water partition coefficient (Wildman–Crippen LogP) is 1.28. The zero-order chi connectivity index (χ0) is 7.40. The van der Waals surface area contributed by atoms with Gasteiger partial charge in [0.15, 0.2) is 0 Å². The Bertz CT molecular complexity index is 188. The fraction of sp³-hybridized carbons (Fsp3) is 0.222. The van der Waals surface area contributed by atoms with E-state index >= 15 is 0 Å². The average molecular weight is 134 g/mol. The fourth-order valence-electron chi connectivity index (χ4n) is 0.813. The molecule has 0 bridgehead atoms. The Hall–Kier alpha value is -0.820. The van der Waals surface area contributed by atoms with E-state index in [0.717, 1.165) is 11.1 Å². The number of aliphatic hydroxyl groups excluding tert-OH is 1. The van der Waals surface area contributed by atoms with Crippen LogP contribution in [-0.2, 0) is 6.42 Å². The van der Waals surface area contributed by atoms with Gasteiger partial charge >= 0.3 is 0 Å². The van der Waals surface area contributed by atoms with Crippen LogP contribution in [0.2, 0.25) is 0 Å². The molecular weight excluding hydrogens is 124 g/mol. The summed E-state index contributed by atoms with van der Waals surface area (Å²) >= 11 is 0. The molecule has 1 nitrogen and oxygen atoms in total. The highest BCUT2D eigenvalue weighted by atomic mass is 16.2. The van der Waals surface area contributed by atoms with Crippen LogP contribution in [-0.4, -0.2) is 11.7 Å². The van der Waals surface area contributed by atoms with Crippen molar-refractivity contribution in [3.8, 4) is 0 Å². The topological polar surface area (TPSA) is 20.2 Å². The van der Waals surface area contributed by atoms with Crippen LogP contribution >= 0.6 is 0 Å². The molecule has 0 aromatic heterocycles. The molecule has 0 unspecified atom stereocenters. The van der Waals surface area contributed by atoms with E-state index in [1.54, 1.807) is 0 Å². The van der Waals surface area contributed by atoms with Crippen molar-refractivity contribution in [2.24, 2.45) is 0 Å². The molecule has 0 aliphatic carbocycles. The molecule has 0 heterocycles. The first-order valence-electron chi connectivity index (χ1n) is 3.28. The van der Waals surface area contributed by atoms with Crippen molar-refractivity contribution in [3.05, 3.63) is 42.3 Å².